The maximum Gasteiger partial charge on any atom is 0.125 e. The molecule has 3 heteroatoms. The molecule has 0 aliphatic carbocycles. The summed E-state index contributed by atoms with van der Waals surface area (Å²) >= 11 is 0. The molecule has 1 aromatic rings. The number of nitriles is 1. The molecule has 0 bridgehead atoms. The molecule has 1 rings (SSSR count). The van der Waals surface area contributed by atoms with Crippen LogP contribution in [0.2, 0.25) is 0 Å². The van der Waals surface area contributed by atoms with E-state index < -0.39 is 6.10 Å². The Balaban J connectivity index is 3.07. The first kappa shape index (κ1) is 10.3. The van der Waals surface area contributed by atoms with Gasteiger partial charge in [-0.25, -0.2) is 0 Å². The number of hydrogen-bond acceptors (Lipinski definition) is 3. The van der Waals surface area contributed by atoms with Crippen LogP contribution in [0.15, 0.2) is 36.4 Å². The van der Waals surface area contributed by atoms with E-state index in [4.69, 9.17) is 10.00 Å². The van der Waals surface area contributed by atoms with E-state index in [0.29, 0.717) is 11.3 Å². The van der Waals surface area contributed by atoms with Gasteiger partial charge in [-0.15, -0.1) is 0 Å². The van der Waals surface area contributed by atoms with Gasteiger partial charge in [-0.2, -0.15) is 5.26 Å². The van der Waals surface area contributed by atoms with E-state index >= 15 is 0 Å². The van der Waals surface area contributed by atoms with Gasteiger partial charge in [-0.1, -0.05) is 24.8 Å². The van der Waals surface area contributed by atoms with Gasteiger partial charge in [0.25, 0.3) is 0 Å². The average Bonchev–Trinajstić information content (AvgIpc) is 2.26. The van der Waals surface area contributed by atoms with Gasteiger partial charge < -0.3 is 9.84 Å². The molecule has 1 atom stereocenters. The molecule has 14 heavy (non-hydrogen) atoms. The highest BCUT2D eigenvalue weighted by Crippen LogP contribution is 2.28. The van der Waals surface area contributed by atoms with Crippen molar-refractivity contribution < 1.29 is 9.84 Å². The van der Waals surface area contributed by atoms with Gasteiger partial charge in [0.05, 0.1) is 18.8 Å². The summed E-state index contributed by atoms with van der Waals surface area (Å²) in [6, 6.07) is 8.81. The lowest BCUT2D eigenvalue weighted by molar-refractivity contribution is 0.215. The number of nitrogens with zero attached hydrogens (tertiary/aromatic N) is 1. The lowest BCUT2D eigenvalue weighted by Gasteiger charge is -2.12. The monoisotopic (exact) mass is 189 g/mol. The van der Waals surface area contributed by atoms with E-state index in [1.54, 1.807) is 24.3 Å². The maximum atomic E-state index is 9.70. The van der Waals surface area contributed by atoms with Crippen molar-refractivity contribution >= 4 is 0 Å². The zero-order valence-electron chi connectivity index (χ0n) is 7.90. The second kappa shape index (κ2) is 4.45. The minimum absolute atomic E-state index is 0.106. The molecule has 0 saturated carbocycles. The zero-order chi connectivity index (χ0) is 10.6. The van der Waals surface area contributed by atoms with Crippen LogP contribution in [0.3, 0.4) is 0 Å². The fourth-order valence-electron chi connectivity index (χ4n) is 1.14. The number of aliphatic hydroxyl groups is 1. The predicted octanol–water partition coefficient (Wildman–Crippen LogP) is 1.81. The van der Waals surface area contributed by atoms with Crippen molar-refractivity contribution in [3.05, 3.63) is 42.0 Å². The molecule has 0 aliphatic heterocycles. The Hall–Kier alpha value is -1.79. The smallest absolute Gasteiger partial charge is 0.125 e. The summed E-state index contributed by atoms with van der Waals surface area (Å²) in [5.74, 6) is 0.552. The molecule has 0 amide bonds. The van der Waals surface area contributed by atoms with Crippen LogP contribution in [0.5, 0.6) is 5.75 Å². The average molecular weight is 189 g/mol. The third-order valence-electron chi connectivity index (χ3n) is 1.91. The summed E-state index contributed by atoms with van der Waals surface area (Å²) in [6.45, 7) is 3.46. The summed E-state index contributed by atoms with van der Waals surface area (Å²) in [5, 5.41) is 18.3. The lowest BCUT2D eigenvalue weighted by atomic mass is 10.0. The third-order valence-corrected chi connectivity index (χ3v) is 1.91. The SMILES string of the molecule is C=C(C#N)[C@H](O)c1ccccc1OC. The first-order chi connectivity index (χ1) is 6.70. The quantitative estimate of drug-likeness (QED) is 0.738. The minimum atomic E-state index is -0.990. The second-order valence-corrected chi connectivity index (χ2v) is 2.78. The lowest BCUT2D eigenvalue weighted by Crippen LogP contribution is -2.01. The maximum absolute atomic E-state index is 9.70. The van der Waals surface area contributed by atoms with E-state index in [-0.39, 0.29) is 5.57 Å². The van der Waals surface area contributed by atoms with Gasteiger partial charge in [0, 0.05) is 5.56 Å². The Bertz CT molecular complexity index is 379. The molecule has 0 spiro atoms. The number of hydrogen-bond donors (Lipinski definition) is 1. The second-order valence-electron chi connectivity index (χ2n) is 2.78. The number of aliphatic hydroxyl groups excluding tert-OH is 1. The van der Waals surface area contributed by atoms with Crippen LogP contribution >= 0.6 is 0 Å². The zero-order valence-corrected chi connectivity index (χ0v) is 7.90. The normalized spacial score (nSPS) is 11.5. The molecule has 0 fully saturated rings. The highest BCUT2D eigenvalue weighted by molar-refractivity contribution is 5.41. The van der Waals surface area contributed by atoms with Crippen molar-refractivity contribution in [2.24, 2.45) is 0 Å². The Morgan fingerprint density at radius 2 is 2.21 bits per heavy atom. The van der Waals surface area contributed by atoms with Gasteiger partial charge in [0.2, 0.25) is 0 Å². The van der Waals surface area contributed by atoms with Crippen molar-refractivity contribution in [3.63, 3.8) is 0 Å². The highest BCUT2D eigenvalue weighted by atomic mass is 16.5. The van der Waals surface area contributed by atoms with Crippen LogP contribution in [-0.2, 0) is 0 Å². The van der Waals surface area contributed by atoms with E-state index in [1.807, 2.05) is 6.07 Å². The van der Waals surface area contributed by atoms with Crippen LogP contribution < -0.4 is 4.74 Å². The number of benzene rings is 1. The number of methoxy groups -OCH3 is 1. The van der Waals surface area contributed by atoms with Crippen LogP contribution in [0, 0.1) is 11.3 Å². The standard InChI is InChI=1S/C11H11NO2/c1-8(7-12)11(13)9-5-3-4-6-10(9)14-2/h3-6,11,13H,1H2,2H3/t11-/m0/s1. The molecular weight excluding hydrogens is 178 g/mol. The Morgan fingerprint density at radius 3 is 2.79 bits per heavy atom. The predicted molar refractivity (Wildman–Crippen MR) is 52.7 cm³/mol. The van der Waals surface area contributed by atoms with Crippen molar-refractivity contribution in [1.29, 1.82) is 5.26 Å². The topological polar surface area (TPSA) is 53.2 Å². The molecule has 1 aromatic carbocycles. The van der Waals surface area contributed by atoms with Gasteiger partial charge in [0.1, 0.15) is 11.9 Å². The van der Waals surface area contributed by atoms with Gasteiger partial charge in [-0.05, 0) is 6.07 Å². The van der Waals surface area contributed by atoms with Crippen LogP contribution in [0.4, 0.5) is 0 Å². The molecule has 0 radical (unpaired) electrons. The Morgan fingerprint density at radius 1 is 1.57 bits per heavy atom. The van der Waals surface area contributed by atoms with Crippen LogP contribution in [0.25, 0.3) is 0 Å². The molecule has 0 aromatic heterocycles. The summed E-state index contributed by atoms with van der Waals surface area (Å²) in [6.07, 6.45) is -0.990. The number of rotatable bonds is 3. The first-order valence-electron chi connectivity index (χ1n) is 4.10. The molecule has 0 unspecified atom stereocenters. The molecule has 0 heterocycles. The fourth-order valence-corrected chi connectivity index (χ4v) is 1.14. The van der Waals surface area contributed by atoms with Crippen LogP contribution in [0.1, 0.15) is 11.7 Å². The van der Waals surface area contributed by atoms with Gasteiger partial charge in [-0.3, -0.25) is 0 Å². The summed E-state index contributed by atoms with van der Waals surface area (Å²) < 4.78 is 5.05. The molecular formula is C11H11NO2. The minimum Gasteiger partial charge on any atom is -0.496 e. The molecule has 1 N–H and O–H groups in total. The Labute approximate surface area is 82.9 Å². The van der Waals surface area contributed by atoms with Crippen molar-refractivity contribution in [3.8, 4) is 11.8 Å². The van der Waals surface area contributed by atoms with Crippen molar-refractivity contribution in [1.82, 2.24) is 0 Å². The number of para-hydroxylation sites is 1. The van der Waals surface area contributed by atoms with Gasteiger partial charge >= 0.3 is 0 Å². The third kappa shape index (κ3) is 1.93. The number of ether oxygens (including phenoxy) is 1. The van der Waals surface area contributed by atoms with E-state index in [9.17, 15) is 5.11 Å². The highest BCUT2D eigenvalue weighted by Gasteiger charge is 2.15. The first-order valence-corrected chi connectivity index (χ1v) is 4.10. The molecule has 0 saturated heterocycles. The molecule has 3 nitrogen and oxygen atoms in total. The summed E-state index contributed by atoms with van der Waals surface area (Å²) in [7, 11) is 1.51. The van der Waals surface area contributed by atoms with Crippen molar-refractivity contribution in [2.45, 2.75) is 6.10 Å². The fraction of sp³-hybridized carbons (Fsp3) is 0.182. The van der Waals surface area contributed by atoms with E-state index in [1.165, 1.54) is 7.11 Å². The van der Waals surface area contributed by atoms with E-state index in [0.717, 1.165) is 0 Å². The largest absolute Gasteiger partial charge is 0.496 e. The molecule has 0 aliphatic rings. The Kier molecular flexibility index (Phi) is 3.27. The van der Waals surface area contributed by atoms with Crippen LogP contribution in [-0.4, -0.2) is 12.2 Å². The summed E-state index contributed by atoms with van der Waals surface area (Å²) in [4.78, 5) is 0. The van der Waals surface area contributed by atoms with Crippen molar-refractivity contribution in [2.75, 3.05) is 7.11 Å². The van der Waals surface area contributed by atoms with Gasteiger partial charge in [0.15, 0.2) is 0 Å². The summed E-state index contributed by atoms with van der Waals surface area (Å²) in [5.41, 5.74) is 0.663. The molecule has 72 valence electrons. The van der Waals surface area contributed by atoms with E-state index in [2.05, 4.69) is 6.58 Å².